The largest absolute Gasteiger partial charge is 0.444 e. The van der Waals surface area contributed by atoms with Gasteiger partial charge in [-0.3, -0.25) is 0 Å². The first-order chi connectivity index (χ1) is 6.88. The third kappa shape index (κ3) is 5.53. The van der Waals surface area contributed by atoms with Gasteiger partial charge in [0.15, 0.2) is 0 Å². The molecule has 0 aromatic carbocycles. The van der Waals surface area contributed by atoms with Crippen molar-refractivity contribution >= 4 is 18.5 Å². The lowest BCUT2D eigenvalue weighted by Gasteiger charge is -2.21. The zero-order chi connectivity index (χ0) is 11.5. The van der Waals surface area contributed by atoms with E-state index in [1.807, 2.05) is 20.8 Å². The first-order valence-corrected chi connectivity index (χ1v) is 5.24. The molecular formula is C10H21ClN2O3. The van der Waals surface area contributed by atoms with Crippen molar-refractivity contribution < 1.29 is 14.6 Å². The second-order valence-corrected chi connectivity index (χ2v) is 4.87. The standard InChI is InChI=1S/C10H20N2O3.ClH/c1-10(2,3)15-9(14)12-5-7-4-11-6-8(7)13;/h7-8,11,13H,4-6H2,1-3H3,(H,12,14);1H. The van der Waals surface area contributed by atoms with E-state index in [0.29, 0.717) is 13.1 Å². The molecule has 6 heteroatoms. The molecule has 1 heterocycles. The molecule has 16 heavy (non-hydrogen) atoms. The third-order valence-corrected chi connectivity index (χ3v) is 2.21. The summed E-state index contributed by atoms with van der Waals surface area (Å²) in [6.07, 6.45) is -0.804. The number of hydrogen-bond donors (Lipinski definition) is 3. The quantitative estimate of drug-likeness (QED) is 0.670. The van der Waals surface area contributed by atoms with Gasteiger partial charge in [0.25, 0.3) is 0 Å². The smallest absolute Gasteiger partial charge is 0.407 e. The maximum absolute atomic E-state index is 11.3. The normalized spacial score (nSPS) is 24.8. The minimum Gasteiger partial charge on any atom is -0.444 e. The average molecular weight is 253 g/mol. The van der Waals surface area contributed by atoms with E-state index in [9.17, 15) is 9.90 Å². The van der Waals surface area contributed by atoms with Crippen LogP contribution in [0.15, 0.2) is 0 Å². The molecule has 96 valence electrons. The van der Waals surface area contributed by atoms with E-state index in [-0.39, 0.29) is 24.4 Å². The van der Waals surface area contributed by atoms with E-state index in [0.717, 1.165) is 6.54 Å². The van der Waals surface area contributed by atoms with Crippen LogP contribution in [0.2, 0.25) is 0 Å². The van der Waals surface area contributed by atoms with Gasteiger partial charge in [-0.15, -0.1) is 12.4 Å². The highest BCUT2D eigenvalue weighted by Gasteiger charge is 2.25. The van der Waals surface area contributed by atoms with Crippen molar-refractivity contribution in [3.8, 4) is 0 Å². The summed E-state index contributed by atoms with van der Waals surface area (Å²) in [6, 6.07) is 0. The highest BCUT2D eigenvalue weighted by atomic mass is 35.5. The minimum atomic E-state index is -0.476. The van der Waals surface area contributed by atoms with E-state index < -0.39 is 11.7 Å². The van der Waals surface area contributed by atoms with Gasteiger partial charge in [0.2, 0.25) is 0 Å². The Labute approximate surface area is 102 Å². The van der Waals surface area contributed by atoms with Crippen molar-refractivity contribution in [1.29, 1.82) is 0 Å². The molecule has 0 saturated carbocycles. The van der Waals surface area contributed by atoms with Crippen LogP contribution in [0.4, 0.5) is 4.79 Å². The molecule has 1 fully saturated rings. The third-order valence-electron chi connectivity index (χ3n) is 2.21. The van der Waals surface area contributed by atoms with Crippen molar-refractivity contribution in [3.05, 3.63) is 0 Å². The maximum Gasteiger partial charge on any atom is 0.407 e. The molecule has 1 rings (SSSR count). The highest BCUT2D eigenvalue weighted by Crippen LogP contribution is 2.09. The van der Waals surface area contributed by atoms with Crippen LogP contribution >= 0.6 is 12.4 Å². The second kappa shape index (κ2) is 6.27. The van der Waals surface area contributed by atoms with E-state index >= 15 is 0 Å². The predicted molar refractivity (Wildman–Crippen MR) is 63.9 cm³/mol. The molecule has 0 aromatic rings. The van der Waals surface area contributed by atoms with Gasteiger partial charge in [0, 0.05) is 25.6 Å². The molecule has 0 aliphatic carbocycles. The van der Waals surface area contributed by atoms with Crippen LogP contribution in [0, 0.1) is 5.92 Å². The summed E-state index contributed by atoms with van der Waals surface area (Å²) >= 11 is 0. The Bertz CT molecular complexity index is 231. The number of aliphatic hydroxyl groups is 1. The van der Waals surface area contributed by atoms with Crippen molar-refractivity contribution in [2.75, 3.05) is 19.6 Å². The minimum absolute atomic E-state index is 0. The van der Waals surface area contributed by atoms with Crippen molar-refractivity contribution in [2.24, 2.45) is 5.92 Å². The fourth-order valence-corrected chi connectivity index (χ4v) is 1.46. The molecule has 2 unspecified atom stereocenters. The molecule has 0 bridgehead atoms. The number of rotatable bonds is 2. The summed E-state index contributed by atoms with van der Waals surface area (Å²) in [7, 11) is 0. The number of nitrogens with one attached hydrogen (secondary N) is 2. The molecule has 3 N–H and O–H groups in total. The molecule has 0 spiro atoms. The van der Waals surface area contributed by atoms with Crippen molar-refractivity contribution in [3.63, 3.8) is 0 Å². The number of β-amino-alcohol motifs (C(OH)–C–C–N with tert-alkyl or cyclic N) is 1. The molecule has 0 aromatic heterocycles. The first kappa shape index (κ1) is 15.5. The van der Waals surface area contributed by atoms with Gasteiger partial charge in [0.1, 0.15) is 5.60 Å². The van der Waals surface area contributed by atoms with Crippen LogP contribution in [0.25, 0.3) is 0 Å². The lowest BCUT2D eigenvalue weighted by molar-refractivity contribution is 0.0505. The number of amides is 1. The summed E-state index contributed by atoms with van der Waals surface area (Å²) in [6.45, 7) is 7.23. The van der Waals surface area contributed by atoms with Crippen LogP contribution in [0.3, 0.4) is 0 Å². The van der Waals surface area contributed by atoms with Gasteiger partial charge in [-0.05, 0) is 20.8 Å². The molecule has 2 atom stereocenters. The molecule has 1 amide bonds. The molecule has 1 saturated heterocycles. The van der Waals surface area contributed by atoms with Gasteiger partial charge in [-0.2, -0.15) is 0 Å². The van der Waals surface area contributed by atoms with Crippen LogP contribution < -0.4 is 10.6 Å². The Hall–Kier alpha value is -0.520. The van der Waals surface area contributed by atoms with Crippen LogP contribution in [-0.4, -0.2) is 42.5 Å². The van der Waals surface area contributed by atoms with Gasteiger partial charge in [-0.1, -0.05) is 0 Å². The fourth-order valence-electron chi connectivity index (χ4n) is 1.46. The summed E-state index contributed by atoms with van der Waals surface area (Å²) < 4.78 is 5.08. The van der Waals surface area contributed by atoms with Gasteiger partial charge in [0.05, 0.1) is 6.10 Å². The Morgan fingerprint density at radius 1 is 1.50 bits per heavy atom. The summed E-state index contributed by atoms with van der Waals surface area (Å²) in [4.78, 5) is 11.3. The monoisotopic (exact) mass is 252 g/mol. The number of alkyl carbamates (subject to hydrolysis) is 1. The van der Waals surface area contributed by atoms with Gasteiger partial charge < -0.3 is 20.5 Å². The summed E-state index contributed by atoms with van der Waals surface area (Å²) in [5.74, 6) is 0.0810. The lowest BCUT2D eigenvalue weighted by atomic mass is 10.1. The zero-order valence-corrected chi connectivity index (χ0v) is 10.8. The zero-order valence-electron chi connectivity index (χ0n) is 9.95. The first-order valence-electron chi connectivity index (χ1n) is 5.24. The van der Waals surface area contributed by atoms with Crippen LogP contribution in [0.1, 0.15) is 20.8 Å². The van der Waals surface area contributed by atoms with Crippen molar-refractivity contribution in [2.45, 2.75) is 32.5 Å². The number of hydrogen-bond acceptors (Lipinski definition) is 4. The van der Waals surface area contributed by atoms with E-state index in [4.69, 9.17) is 4.74 Å². The second-order valence-electron chi connectivity index (χ2n) is 4.87. The number of aliphatic hydroxyl groups excluding tert-OH is 1. The Kier molecular flexibility index (Phi) is 6.07. The lowest BCUT2D eigenvalue weighted by Crippen LogP contribution is -2.38. The summed E-state index contributed by atoms with van der Waals surface area (Å²) in [5, 5.41) is 15.2. The topological polar surface area (TPSA) is 70.6 Å². The SMILES string of the molecule is CC(C)(C)OC(=O)NCC1CNCC1O.Cl. The van der Waals surface area contributed by atoms with E-state index in [1.165, 1.54) is 0 Å². The van der Waals surface area contributed by atoms with Crippen LogP contribution in [-0.2, 0) is 4.74 Å². The van der Waals surface area contributed by atoms with Gasteiger partial charge >= 0.3 is 6.09 Å². The number of carbonyl (C=O) groups is 1. The van der Waals surface area contributed by atoms with E-state index in [1.54, 1.807) is 0 Å². The Morgan fingerprint density at radius 2 is 2.12 bits per heavy atom. The molecule has 1 aliphatic heterocycles. The molecular weight excluding hydrogens is 232 g/mol. The molecule has 5 nitrogen and oxygen atoms in total. The van der Waals surface area contributed by atoms with Crippen LogP contribution in [0.5, 0.6) is 0 Å². The average Bonchev–Trinajstić information content (AvgIpc) is 2.44. The van der Waals surface area contributed by atoms with E-state index in [2.05, 4.69) is 10.6 Å². The van der Waals surface area contributed by atoms with Gasteiger partial charge in [-0.25, -0.2) is 4.79 Å². The molecule has 0 radical (unpaired) electrons. The Morgan fingerprint density at radius 3 is 2.56 bits per heavy atom. The number of halogens is 1. The predicted octanol–water partition coefficient (Wildman–Crippen LogP) is 0.513. The van der Waals surface area contributed by atoms with Crippen molar-refractivity contribution in [1.82, 2.24) is 10.6 Å². The summed E-state index contributed by atoms with van der Waals surface area (Å²) in [5.41, 5.74) is -0.476. The highest BCUT2D eigenvalue weighted by molar-refractivity contribution is 5.85. The fraction of sp³-hybridized carbons (Fsp3) is 0.900. The Balaban J connectivity index is 0.00000225. The molecule has 1 aliphatic rings. The number of ether oxygens (including phenoxy) is 1. The number of carbonyl (C=O) groups excluding carboxylic acids is 1. The maximum atomic E-state index is 11.3.